The first-order valence-electron chi connectivity index (χ1n) is 6.74. The van der Waals surface area contributed by atoms with Crippen molar-refractivity contribution in [3.05, 3.63) is 34.7 Å². The molecule has 1 aliphatic heterocycles. The SMILES string of the molecule is CC1NCCc2c1sc(N)c2-c1nc2ccccc2s1. The summed E-state index contributed by atoms with van der Waals surface area (Å²) in [7, 11) is 0. The van der Waals surface area contributed by atoms with Crippen LogP contribution in [0.25, 0.3) is 20.8 Å². The van der Waals surface area contributed by atoms with Crippen LogP contribution in [0.4, 0.5) is 5.00 Å². The van der Waals surface area contributed by atoms with Gasteiger partial charge in [-0.05, 0) is 37.6 Å². The van der Waals surface area contributed by atoms with Crippen LogP contribution in [0, 0.1) is 0 Å². The highest BCUT2D eigenvalue weighted by molar-refractivity contribution is 7.22. The molecule has 0 amide bonds. The summed E-state index contributed by atoms with van der Waals surface area (Å²) in [5, 5.41) is 5.47. The maximum Gasteiger partial charge on any atom is 0.127 e. The first-order valence-corrected chi connectivity index (χ1v) is 8.37. The van der Waals surface area contributed by atoms with Crippen molar-refractivity contribution in [1.82, 2.24) is 10.3 Å². The Bertz CT molecular complexity index is 755. The number of thiophene rings is 1. The Hall–Kier alpha value is -1.43. The number of rotatable bonds is 1. The van der Waals surface area contributed by atoms with Crippen molar-refractivity contribution in [3.63, 3.8) is 0 Å². The zero-order valence-electron chi connectivity index (χ0n) is 11.1. The molecule has 1 aromatic carbocycles. The lowest BCUT2D eigenvalue weighted by Crippen LogP contribution is -2.26. The number of hydrogen-bond donors (Lipinski definition) is 2. The van der Waals surface area contributed by atoms with Crippen molar-refractivity contribution in [2.45, 2.75) is 19.4 Å². The van der Waals surface area contributed by atoms with Crippen molar-refractivity contribution >= 4 is 37.9 Å². The largest absolute Gasteiger partial charge is 0.390 e. The number of nitrogen functional groups attached to an aromatic ring is 1. The number of hydrogen-bond acceptors (Lipinski definition) is 5. The van der Waals surface area contributed by atoms with Crippen LogP contribution in [0.1, 0.15) is 23.4 Å². The van der Waals surface area contributed by atoms with Crippen LogP contribution in [0.2, 0.25) is 0 Å². The van der Waals surface area contributed by atoms with E-state index in [2.05, 4.69) is 30.4 Å². The van der Waals surface area contributed by atoms with Gasteiger partial charge in [0.2, 0.25) is 0 Å². The average Bonchev–Trinajstić information content (AvgIpc) is 2.99. The summed E-state index contributed by atoms with van der Waals surface area (Å²) in [6.45, 7) is 3.22. The van der Waals surface area contributed by atoms with Crippen molar-refractivity contribution in [2.24, 2.45) is 0 Å². The summed E-state index contributed by atoms with van der Waals surface area (Å²) in [5.74, 6) is 0. The van der Waals surface area contributed by atoms with Gasteiger partial charge in [0.25, 0.3) is 0 Å². The molecule has 1 atom stereocenters. The van der Waals surface area contributed by atoms with E-state index in [0.717, 1.165) is 28.5 Å². The fraction of sp³-hybridized carbons (Fsp3) is 0.267. The normalized spacial score (nSPS) is 18.4. The molecule has 0 saturated heterocycles. The molecule has 0 aliphatic carbocycles. The average molecular weight is 301 g/mol. The highest BCUT2D eigenvalue weighted by Crippen LogP contribution is 2.45. The van der Waals surface area contributed by atoms with Gasteiger partial charge < -0.3 is 11.1 Å². The molecule has 0 fully saturated rings. The van der Waals surface area contributed by atoms with E-state index in [4.69, 9.17) is 10.7 Å². The molecule has 0 radical (unpaired) electrons. The predicted octanol–water partition coefficient (Wildman–Crippen LogP) is 3.81. The number of para-hydroxylation sites is 1. The fourth-order valence-electron chi connectivity index (χ4n) is 2.82. The van der Waals surface area contributed by atoms with Crippen LogP contribution in [0.3, 0.4) is 0 Å². The third-order valence-corrected chi connectivity index (χ3v) is 6.09. The van der Waals surface area contributed by atoms with Gasteiger partial charge in [-0.3, -0.25) is 0 Å². The molecule has 102 valence electrons. The van der Waals surface area contributed by atoms with Gasteiger partial charge in [0.1, 0.15) is 5.01 Å². The highest BCUT2D eigenvalue weighted by atomic mass is 32.1. The molecule has 0 saturated carbocycles. The minimum absolute atomic E-state index is 0.397. The van der Waals surface area contributed by atoms with Gasteiger partial charge in [0, 0.05) is 16.5 Å². The maximum atomic E-state index is 6.29. The zero-order valence-corrected chi connectivity index (χ0v) is 12.8. The van der Waals surface area contributed by atoms with Gasteiger partial charge in [-0.2, -0.15) is 0 Å². The summed E-state index contributed by atoms with van der Waals surface area (Å²) in [5.41, 5.74) is 9.94. The van der Waals surface area contributed by atoms with E-state index in [1.807, 2.05) is 6.07 Å². The minimum atomic E-state index is 0.397. The zero-order chi connectivity index (χ0) is 13.7. The molecule has 1 aliphatic rings. The van der Waals surface area contributed by atoms with Gasteiger partial charge >= 0.3 is 0 Å². The van der Waals surface area contributed by atoms with Crippen LogP contribution in [-0.2, 0) is 6.42 Å². The topological polar surface area (TPSA) is 50.9 Å². The number of nitrogens with zero attached hydrogens (tertiary/aromatic N) is 1. The highest BCUT2D eigenvalue weighted by Gasteiger charge is 2.26. The second-order valence-corrected chi connectivity index (χ2v) is 7.21. The Balaban J connectivity index is 1.93. The molecule has 20 heavy (non-hydrogen) atoms. The van der Waals surface area contributed by atoms with E-state index < -0.39 is 0 Å². The molecule has 3 nitrogen and oxygen atoms in total. The van der Waals surface area contributed by atoms with Gasteiger partial charge in [0.05, 0.1) is 15.2 Å². The Labute approximate surface area is 125 Å². The molecule has 3 aromatic rings. The lowest BCUT2D eigenvalue weighted by atomic mass is 10.0. The van der Waals surface area contributed by atoms with Gasteiger partial charge in [-0.1, -0.05) is 12.1 Å². The summed E-state index contributed by atoms with van der Waals surface area (Å²) >= 11 is 3.45. The number of nitrogens with one attached hydrogen (secondary N) is 1. The third-order valence-electron chi connectivity index (χ3n) is 3.79. The van der Waals surface area contributed by atoms with Crippen molar-refractivity contribution in [2.75, 3.05) is 12.3 Å². The van der Waals surface area contributed by atoms with Crippen LogP contribution >= 0.6 is 22.7 Å². The minimum Gasteiger partial charge on any atom is -0.390 e. The first kappa shape index (κ1) is 12.3. The quantitative estimate of drug-likeness (QED) is 0.718. The van der Waals surface area contributed by atoms with Crippen molar-refractivity contribution in [3.8, 4) is 10.6 Å². The first-order chi connectivity index (χ1) is 9.74. The third kappa shape index (κ3) is 1.78. The smallest absolute Gasteiger partial charge is 0.127 e. The Kier molecular flexibility index (Phi) is 2.80. The summed E-state index contributed by atoms with van der Waals surface area (Å²) < 4.78 is 1.23. The van der Waals surface area contributed by atoms with E-state index >= 15 is 0 Å². The van der Waals surface area contributed by atoms with E-state index in [1.54, 1.807) is 22.7 Å². The van der Waals surface area contributed by atoms with E-state index in [-0.39, 0.29) is 0 Å². The van der Waals surface area contributed by atoms with E-state index in [9.17, 15) is 0 Å². The molecule has 4 rings (SSSR count). The summed E-state index contributed by atoms with van der Waals surface area (Å²) in [4.78, 5) is 6.15. The van der Waals surface area contributed by atoms with Crippen LogP contribution in [0.5, 0.6) is 0 Å². The molecular formula is C15H15N3S2. The Morgan fingerprint density at radius 2 is 2.15 bits per heavy atom. The molecule has 0 spiro atoms. The van der Waals surface area contributed by atoms with Gasteiger partial charge in [0.15, 0.2) is 0 Å². The second-order valence-electron chi connectivity index (χ2n) is 5.10. The standard InChI is InChI=1S/C15H15N3S2/c1-8-13-9(6-7-17-8)12(14(16)20-13)15-18-10-4-2-3-5-11(10)19-15/h2-5,8,17H,6-7,16H2,1H3. The predicted molar refractivity (Wildman–Crippen MR) is 87.5 cm³/mol. The molecular weight excluding hydrogens is 286 g/mol. The Morgan fingerprint density at radius 3 is 3.00 bits per heavy atom. The molecule has 2 aromatic heterocycles. The van der Waals surface area contributed by atoms with Crippen LogP contribution in [0.15, 0.2) is 24.3 Å². The van der Waals surface area contributed by atoms with Gasteiger partial charge in [-0.15, -0.1) is 22.7 Å². The number of anilines is 1. The number of nitrogens with two attached hydrogens (primary N) is 1. The molecule has 1 unspecified atom stereocenters. The van der Waals surface area contributed by atoms with Crippen LogP contribution < -0.4 is 11.1 Å². The van der Waals surface area contributed by atoms with E-state index in [1.165, 1.54) is 20.7 Å². The number of benzene rings is 1. The van der Waals surface area contributed by atoms with Gasteiger partial charge in [-0.25, -0.2) is 4.98 Å². The Morgan fingerprint density at radius 1 is 1.30 bits per heavy atom. The molecule has 5 heteroatoms. The summed E-state index contributed by atoms with van der Waals surface area (Å²) in [6.07, 6.45) is 1.04. The number of aromatic nitrogens is 1. The lowest BCUT2D eigenvalue weighted by Gasteiger charge is -2.20. The summed E-state index contributed by atoms with van der Waals surface area (Å²) in [6, 6.07) is 8.67. The molecule has 3 heterocycles. The van der Waals surface area contributed by atoms with Crippen LogP contribution in [-0.4, -0.2) is 11.5 Å². The second kappa shape index (κ2) is 4.55. The molecule has 0 bridgehead atoms. The number of thiazole rings is 1. The maximum absolute atomic E-state index is 6.29. The lowest BCUT2D eigenvalue weighted by molar-refractivity contribution is 0.552. The number of fused-ring (bicyclic) bond motifs is 2. The monoisotopic (exact) mass is 301 g/mol. The van der Waals surface area contributed by atoms with E-state index in [0.29, 0.717) is 6.04 Å². The van der Waals surface area contributed by atoms with Crippen molar-refractivity contribution < 1.29 is 0 Å². The molecule has 3 N–H and O–H groups in total. The fourth-order valence-corrected chi connectivity index (χ4v) is 5.08. The van der Waals surface area contributed by atoms with Crippen molar-refractivity contribution in [1.29, 1.82) is 0 Å².